The Morgan fingerprint density at radius 3 is 1.71 bits per heavy atom. The van der Waals surface area contributed by atoms with E-state index in [1.54, 1.807) is 87.4 Å². The van der Waals surface area contributed by atoms with E-state index < -0.39 is 46.9 Å². The maximum Gasteiger partial charge on any atom is 0.410 e. The zero-order chi connectivity index (χ0) is 61.0. The molecule has 3 aromatic rings. The lowest BCUT2D eigenvalue weighted by atomic mass is 10.0. The Bertz CT molecular complexity index is 2460. The van der Waals surface area contributed by atoms with Crippen LogP contribution in [-0.4, -0.2) is 146 Å². The molecule has 0 aliphatic heterocycles. The summed E-state index contributed by atoms with van der Waals surface area (Å²) < 4.78 is 12.9. The molecule has 3 rings (SSSR count). The first-order valence-electron chi connectivity index (χ1n) is 30.9. The molecule has 0 aliphatic carbocycles. The van der Waals surface area contributed by atoms with E-state index in [0.717, 1.165) is 49.8 Å². The number of amides is 6. The Morgan fingerprint density at radius 1 is 0.639 bits per heavy atom. The quantitative estimate of drug-likeness (QED) is 0.0260. The van der Waals surface area contributed by atoms with Crippen molar-refractivity contribution in [1.29, 1.82) is 0 Å². The van der Waals surface area contributed by atoms with Gasteiger partial charge in [-0.25, -0.2) is 14.4 Å². The highest BCUT2D eigenvalue weighted by Gasteiger charge is 2.26. The van der Waals surface area contributed by atoms with Crippen LogP contribution in [0.3, 0.4) is 0 Å². The van der Waals surface area contributed by atoms with Crippen molar-refractivity contribution in [3.05, 3.63) is 45.9 Å². The molecule has 0 saturated heterocycles. The Hall–Kier alpha value is -6.06. The third-order valence-corrected chi connectivity index (χ3v) is 14.7. The van der Waals surface area contributed by atoms with E-state index in [1.807, 2.05) is 0 Å². The van der Waals surface area contributed by atoms with Crippen molar-refractivity contribution >= 4 is 70.5 Å². The van der Waals surface area contributed by atoms with Gasteiger partial charge in [-0.2, -0.15) is 21.7 Å². The first kappa shape index (κ1) is 71.2. The van der Waals surface area contributed by atoms with Crippen LogP contribution < -0.4 is 38.0 Å². The number of unbranched alkanes of at least 4 members (excludes halogenated alkanes) is 14. The van der Waals surface area contributed by atoms with E-state index in [4.69, 9.17) is 15.2 Å². The number of aromatic amines is 1. The summed E-state index contributed by atoms with van der Waals surface area (Å²) in [5, 5.41) is 14.6. The largest absolute Gasteiger partial charge is 0.444 e. The summed E-state index contributed by atoms with van der Waals surface area (Å²) in [7, 11) is 0. The average Bonchev–Trinajstić information content (AvgIpc) is 2.79. The molecule has 0 fully saturated rings. The molecule has 0 radical (unpaired) electrons. The Labute approximate surface area is 499 Å². The second kappa shape index (κ2) is 39.5. The van der Waals surface area contributed by atoms with Crippen molar-refractivity contribution < 1.29 is 38.2 Å². The number of imidazole rings is 1. The summed E-state index contributed by atoms with van der Waals surface area (Å²) in [6, 6.07) is 6.02. The molecular weight excluding hydrogens is 1080 g/mol. The Kier molecular flexibility index (Phi) is 33.9. The second-order valence-corrected chi connectivity index (χ2v) is 24.6. The minimum absolute atomic E-state index is 0.105. The summed E-state index contributed by atoms with van der Waals surface area (Å²) >= 11 is 1.64. The van der Waals surface area contributed by atoms with Crippen molar-refractivity contribution in [2.75, 3.05) is 74.9 Å². The zero-order valence-electron chi connectivity index (χ0n) is 51.9. The number of H-pyrrole nitrogens is 1. The number of aromatic nitrogens is 4. The van der Waals surface area contributed by atoms with Crippen LogP contribution in [-0.2, 0) is 30.4 Å². The van der Waals surface area contributed by atoms with Crippen LogP contribution in [0.15, 0.2) is 29.1 Å². The SMILES string of the molecule is CCCCCCCCCCCCCCCC(=O)N[C@@H](CSCCC)C(=O)NCCCN(CCCCN(CCCNC(=O)CNC(=O)c1ccc(Cn2c(=O)[nH]c3c(N)nc(NCCCC)nc32)cc1)C(=O)OC(C)(C)C)C(=O)OC(C)(C)C. The summed E-state index contributed by atoms with van der Waals surface area (Å²) in [5.74, 6) is 0.651. The highest BCUT2D eigenvalue weighted by Crippen LogP contribution is 2.19. The molecule has 22 heteroatoms. The number of nitrogen functional groups attached to an aromatic ring is 1. The number of rotatable bonds is 42. The summed E-state index contributed by atoms with van der Waals surface area (Å²) in [6.07, 6.45) is 20.2. The number of benzene rings is 1. The number of carbonyl (C=O) groups is 6. The van der Waals surface area contributed by atoms with Gasteiger partial charge in [-0.1, -0.05) is 116 Å². The molecule has 0 unspecified atom stereocenters. The molecule has 0 aliphatic rings. The molecule has 0 bridgehead atoms. The molecule has 468 valence electrons. The normalized spacial score (nSPS) is 11.9. The average molecular weight is 1180 g/mol. The lowest BCUT2D eigenvalue weighted by Crippen LogP contribution is -2.49. The summed E-state index contributed by atoms with van der Waals surface area (Å²) in [4.78, 5) is 107. The van der Waals surface area contributed by atoms with Crippen molar-refractivity contribution in [3.8, 4) is 0 Å². The lowest BCUT2D eigenvalue weighted by molar-refractivity contribution is -0.128. The second-order valence-electron chi connectivity index (χ2n) is 23.5. The minimum Gasteiger partial charge on any atom is -0.444 e. The van der Waals surface area contributed by atoms with E-state index in [9.17, 15) is 33.6 Å². The van der Waals surface area contributed by atoms with Crippen LogP contribution in [0.1, 0.15) is 213 Å². The molecule has 2 heterocycles. The van der Waals surface area contributed by atoms with Crippen LogP contribution >= 0.6 is 11.8 Å². The zero-order valence-corrected chi connectivity index (χ0v) is 52.7. The van der Waals surface area contributed by atoms with E-state index in [0.29, 0.717) is 93.3 Å². The fourth-order valence-electron chi connectivity index (χ4n) is 8.97. The molecule has 83 heavy (non-hydrogen) atoms. The maximum atomic E-state index is 13.4. The van der Waals surface area contributed by atoms with Gasteiger partial charge >= 0.3 is 17.9 Å². The number of fused-ring (bicyclic) bond motifs is 1. The van der Waals surface area contributed by atoms with Gasteiger partial charge in [0.05, 0.1) is 13.1 Å². The highest BCUT2D eigenvalue weighted by atomic mass is 32.2. The molecule has 6 amide bonds. The molecule has 1 aromatic carbocycles. The number of anilines is 2. The van der Waals surface area contributed by atoms with Gasteiger partial charge in [0.25, 0.3) is 5.91 Å². The fraction of sp³-hybridized carbons (Fsp3) is 0.721. The van der Waals surface area contributed by atoms with Crippen molar-refractivity contribution in [2.45, 2.75) is 221 Å². The third-order valence-electron chi connectivity index (χ3n) is 13.5. The van der Waals surface area contributed by atoms with Crippen LogP contribution in [0.4, 0.5) is 21.4 Å². The maximum absolute atomic E-state index is 13.4. The van der Waals surface area contributed by atoms with E-state index in [2.05, 4.69) is 62.3 Å². The topological polar surface area (TPSA) is 277 Å². The Morgan fingerprint density at radius 2 is 1.17 bits per heavy atom. The van der Waals surface area contributed by atoms with Crippen LogP contribution in [0.2, 0.25) is 0 Å². The number of ether oxygens (including phenoxy) is 2. The molecule has 8 N–H and O–H groups in total. The number of thioether (sulfide) groups is 1. The van der Waals surface area contributed by atoms with Crippen molar-refractivity contribution in [2.24, 2.45) is 0 Å². The summed E-state index contributed by atoms with van der Waals surface area (Å²) in [5.41, 5.74) is 6.03. The number of hydrogen-bond donors (Lipinski definition) is 7. The number of nitrogens with two attached hydrogens (primary N) is 1. The molecule has 1 atom stereocenters. The molecule has 2 aromatic heterocycles. The molecular formula is C61H104N12O9S. The number of carbonyl (C=O) groups excluding carboxylic acids is 6. The van der Waals surface area contributed by atoms with Crippen LogP contribution in [0, 0.1) is 0 Å². The van der Waals surface area contributed by atoms with Gasteiger partial charge in [0.1, 0.15) is 22.8 Å². The number of hydrogen-bond acceptors (Lipinski definition) is 14. The highest BCUT2D eigenvalue weighted by molar-refractivity contribution is 7.99. The van der Waals surface area contributed by atoms with Gasteiger partial charge in [0, 0.05) is 63.6 Å². The van der Waals surface area contributed by atoms with E-state index in [1.165, 1.54) is 68.8 Å². The smallest absolute Gasteiger partial charge is 0.410 e. The molecule has 0 saturated carbocycles. The lowest BCUT2D eigenvalue weighted by Gasteiger charge is -2.29. The number of nitrogens with zero attached hydrogens (tertiary/aromatic N) is 5. The van der Waals surface area contributed by atoms with Gasteiger partial charge in [-0.05, 0) is 110 Å². The third kappa shape index (κ3) is 30.4. The standard InChI is InChI=1S/C61H104N12O9S/c1-10-13-15-16-17-18-19-20-21-22-23-24-25-30-49(74)67-48(45-83-42-12-3)55(77)64-37-29-41-72(59(80)82-61(7,8)9)39-27-26-38-71(58(79)81-60(4,5)6)40-28-36-63-50(75)43-66-54(76)47-33-31-46(32-34-47)44-73-53-51(68-57(73)78)52(62)69-56(70-53)65-35-14-11-2/h31-34,48H,10-30,35-45H2,1-9H3,(H,63,75)(H,64,77)(H,66,76)(H,67,74)(H,68,78)(H3,62,65,69,70)/t48-/m0/s1. The first-order valence-corrected chi connectivity index (χ1v) is 32.0. The van der Waals surface area contributed by atoms with Gasteiger partial charge < -0.3 is 56.6 Å². The van der Waals surface area contributed by atoms with Crippen molar-refractivity contribution in [3.63, 3.8) is 0 Å². The van der Waals surface area contributed by atoms with E-state index in [-0.39, 0.29) is 43.8 Å². The monoisotopic (exact) mass is 1180 g/mol. The van der Waals surface area contributed by atoms with Gasteiger partial charge in [-0.3, -0.25) is 23.7 Å². The fourth-order valence-corrected chi connectivity index (χ4v) is 9.90. The first-order chi connectivity index (χ1) is 39.6. The minimum atomic E-state index is -0.743. The Balaban J connectivity index is 1.45. The van der Waals surface area contributed by atoms with Crippen molar-refractivity contribution in [1.82, 2.24) is 50.6 Å². The van der Waals surface area contributed by atoms with Gasteiger partial charge in [0.2, 0.25) is 23.7 Å². The molecule has 0 spiro atoms. The number of nitrogens with one attached hydrogen (secondary N) is 6. The van der Waals surface area contributed by atoms with Gasteiger partial charge in [-0.15, -0.1) is 0 Å². The predicted octanol–water partition coefficient (Wildman–Crippen LogP) is 10.1. The summed E-state index contributed by atoms with van der Waals surface area (Å²) in [6.45, 7) is 19.6. The van der Waals surface area contributed by atoms with E-state index >= 15 is 0 Å². The molecule has 21 nitrogen and oxygen atoms in total. The van der Waals surface area contributed by atoms with Crippen LogP contribution in [0.5, 0.6) is 0 Å². The van der Waals surface area contributed by atoms with Gasteiger partial charge in [0.15, 0.2) is 11.5 Å². The van der Waals surface area contributed by atoms with Crippen LogP contribution in [0.25, 0.3) is 11.2 Å². The predicted molar refractivity (Wildman–Crippen MR) is 334 cm³/mol.